The van der Waals surface area contributed by atoms with E-state index in [2.05, 4.69) is 47.3 Å². The second-order valence-electron chi connectivity index (χ2n) is 4.86. The van der Waals surface area contributed by atoms with Gasteiger partial charge in [-0.15, -0.1) is 0 Å². The van der Waals surface area contributed by atoms with Crippen molar-refractivity contribution in [2.75, 3.05) is 13.7 Å². The zero-order chi connectivity index (χ0) is 12.2. The van der Waals surface area contributed by atoms with Crippen molar-refractivity contribution in [1.82, 2.24) is 9.78 Å². The maximum absolute atomic E-state index is 5.60. The lowest BCUT2D eigenvalue weighted by molar-refractivity contribution is 0.0721. The van der Waals surface area contributed by atoms with Crippen LogP contribution in [-0.4, -0.2) is 31.6 Å². The Kier molecular flexibility index (Phi) is 5.26. The normalized spacial score (nSPS) is 11.8. The van der Waals surface area contributed by atoms with Gasteiger partial charge in [-0.3, -0.25) is 0 Å². The van der Waals surface area contributed by atoms with Gasteiger partial charge in [0.05, 0.1) is 7.11 Å². The first-order chi connectivity index (χ1) is 7.42. The van der Waals surface area contributed by atoms with E-state index in [9.17, 15) is 0 Å². The summed E-state index contributed by atoms with van der Waals surface area (Å²) in [4.78, 5) is 0. The third-order valence-electron chi connectivity index (χ3n) is 2.13. The highest BCUT2D eigenvalue weighted by Gasteiger charge is 2.12. The van der Waals surface area contributed by atoms with Crippen LogP contribution in [0.4, 0.5) is 0 Å². The summed E-state index contributed by atoms with van der Waals surface area (Å²) >= 11 is 2.16. The van der Waals surface area contributed by atoms with Crippen LogP contribution < -0.4 is 4.74 Å². The molecular weight excluding hydrogens is 335 g/mol. The first-order valence-corrected chi connectivity index (χ1v) is 10.1. The third kappa shape index (κ3) is 4.83. The summed E-state index contributed by atoms with van der Waals surface area (Å²) in [7, 11) is 0.645. The minimum absolute atomic E-state index is 0.469. The lowest BCUT2D eigenvalue weighted by Gasteiger charge is -2.15. The summed E-state index contributed by atoms with van der Waals surface area (Å²) in [5, 5.41) is 4.28. The van der Waals surface area contributed by atoms with Crippen molar-refractivity contribution in [2.45, 2.75) is 32.4 Å². The number of hydrogen-bond donors (Lipinski definition) is 0. The quantitative estimate of drug-likeness (QED) is 0.448. The second-order valence-corrected chi connectivity index (χ2v) is 11.6. The van der Waals surface area contributed by atoms with Crippen LogP contribution in [0.5, 0.6) is 5.88 Å². The van der Waals surface area contributed by atoms with Gasteiger partial charge in [0.2, 0.25) is 5.88 Å². The zero-order valence-corrected chi connectivity index (χ0v) is 13.4. The molecule has 0 aliphatic rings. The molecule has 0 saturated carbocycles. The number of methoxy groups -OCH3 is 1. The molecule has 6 heteroatoms. The van der Waals surface area contributed by atoms with Crippen molar-refractivity contribution in [3.05, 3.63) is 9.77 Å². The summed E-state index contributed by atoms with van der Waals surface area (Å²) in [6.07, 6.45) is 0. The summed E-state index contributed by atoms with van der Waals surface area (Å²) in [5.74, 6) is 0.748. The summed E-state index contributed by atoms with van der Waals surface area (Å²) in [6, 6.07) is 3.07. The van der Waals surface area contributed by atoms with Crippen molar-refractivity contribution in [3.8, 4) is 5.88 Å². The van der Waals surface area contributed by atoms with Gasteiger partial charge in [-0.25, -0.2) is 4.68 Å². The molecule has 1 rings (SSSR count). The van der Waals surface area contributed by atoms with Gasteiger partial charge in [-0.1, -0.05) is 19.6 Å². The fourth-order valence-electron chi connectivity index (χ4n) is 1.16. The van der Waals surface area contributed by atoms with Crippen LogP contribution in [-0.2, 0) is 11.5 Å². The van der Waals surface area contributed by atoms with Gasteiger partial charge >= 0.3 is 0 Å². The van der Waals surface area contributed by atoms with Gasteiger partial charge in [0.1, 0.15) is 10.4 Å². The van der Waals surface area contributed by atoms with Gasteiger partial charge in [0.15, 0.2) is 0 Å². The maximum Gasteiger partial charge on any atom is 0.214 e. The van der Waals surface area contributed by atoms with Gasteiger partial charge in [0, 0.05) is 20.7 Å². The van der Waals surface area contributed by atoms with Crippen LogP contribution in [0.25, 0.3) is 0 Å². The van der Waals surface area contributed by atoms with Crippen molar-refractivity contribution in [1.29, 1.82) is 0 Å². The molecule has 1 heterocycles. The molecule has 0 amide bonds. The molecule has 1 aromatic rings. The molecule has 16 heavy (non-hydrogen) atoms. The van der Waals surface area contributed by atoms with Crippen LogP contribution in [0.15, 0.2) is 6.07 Å². The van der Waals surface area contributed by atoms with E-state index in [1.165, 1.54) is 6.04 Å². The molecule has 0 unspecified atom stereocenters. The smallest absolute Gasteiger partial charge is 0.214 e. The van der Waals surface area contributed by atoms with Crippen molar-refractivity contribution in [2.24, 2.45) is 0 Å². The Morgan fingerprint density at radius 2 is 2.12 bits per heavy atom. The Morgan fingerprint density at radius 1 is 1.44 bits per heavy atom. The molecule has 0 aliphatic carbocycles. The highest BCUT2D eigenvalue weighted by atomic mass is 127. The van der Waals surface area contributed by atoms with Crippen molar-refractivity contribution >= 4 is 30.7 Å². The number of aromatic nitrogens is 2. The lowest BCUT2D eigenvalue weighted by atomic mass is 10.7. The molecule has 0 spiro atoms. The largest absolute Gasteiger partial charge is 0.481 e. The Balaban J connectivity index is 2.37. The minimum Gasteiger partial charge on any atom is -0.481 e. The Morgan fingerprint density at radius 3 is 2.69 bits per heavy atom. The minimum atomic E-state index is -0.999. The summed E-state index contributed by atoms with van der Waals surface area (Å²) < 4.78 is 13.5. The molecule has 0 aliphatic heterocycles. The van der Waals surface area contributed by atoms with Gasteiger partial charge in [-0.2, -0.15) is 5.10 Å². The zero-order valence-electron chi connectivity index (χ0n) is 10.3. The van der Waals surface area contributed by atoms with E-state index in [-0.39, 0.29) is 0 Å². The van der Waals surface area contributed by atoms with E-state index >= 15 is 0 Å². The number of halogens is 1. The van der Waals surface area contributed by atoms with Crippen LogP contribution in [0.3, 0.4) is 0 Å². The number of hydrogen-bond acceptors (Lipinski definition) is 3. The predicted octanol–water partition coefficient (Wildman–Crippen LogP) is 2.81. The van der Waals surface area contributed by atoms with E-state index in [0.717, 1.165) is 16.2 Å². The predicted molar refractivity (Wildman–Crippen MR) is 75.6 cm³/mol. The Labute approximate surface area is 111 Å². The maximum atomic E-state index is 5.60. The molecule has 1 aromatic heterocycles. The van der Waals surface area contributed by atoms with E-state index in [0.29, 0.717) is 6.73 Å². The first-order valence-electron chi connectivity index (χ1n) is 5.27. The van der Waals surface area contributed by atoms with Crippen molar-refractivity contribution in [3.63, 3.8) is 0 Å². The Bertz CT molecular complexity index is 336. The highest BCUT2D eigenvalue weighted by Crippen LogP contribution is 2.15. The molecule has 92 valence electrons. The van der Waals surface area contributed by atoms with Crippen molar-refractivity contribution < 1.29 is 9.47 Å². The highest BCUT2D eigenvalue weighted by molar-refractivity contribution is 14.1. The monoisotopic (exact) mass is 354 g/mol. The second kappa shape index (κ2) is 6.01. The number of nitrogens with zero attached hydrogens (tertiary/aromatic N) is 2. The fourth-order valence-corrected chi connectivity index (χ4v) is 2.44. The average molecular weight is 354 g/mol. The van der Waals surface area contributed by atoms with E-state index in [4.69, 9.17) is 9.47 Å². The van der Waals surface area contributed by atoms with Gasteiger partial charge in [-0.05, 0) is 28.6 Å². The van der Waals surface area contributed by atoms with Crippen LogP contribution in [0.1, 0.15) is 0 Å². The van der Waals surface area contributed by atoms with E-state index in [1.54, 1.807) is 11.8 Å². The van der Waals surface area contributed by atoms with Crippen LogP contribution in [0.2, 0.25) is 25.7 Å². The molecule has 0 saturated heterocycles. The molecule has 4 nitrogen and oxygen atoms in total. The summed E-state index contributed by atoms with van der Waals surface area (Å²) in [5.41, 5.74) is 0. The lowest BCUT2D eigenvalue weighted by Crippen LogP contribution is -2.22. The van der Waals surface area contributed by atoms with Crippen LogP contribution in [0, 0.1) is 3.70 Å². The molecule has 0 radical (unpaired) electrons. The fraction of sp³-hybridized carbons (Fsp3) is 0.700. The molecule has 0 N–H and O–H groups in total. The van der Waals surface area contributed by atoms with Gasteiger partial charge < -0.3 is 9.47 Å². The SMILES string of the molecule is COc1cc(I)nn1COCC[Si](C)(C)C. The first kappa shape index (κ1) is 14.0. The molecular formula is C10H19IN2O2Si. The molecule has 0 bridgehead atoms. The number of ether oxygens (including phenoxy) is 2. The standard InChI is InChI=1S/C10H19IN2O2Si/c1-14-10-7-9(11)12-13(10)8-15-5-6-16(2,3)4/h7H,5-6,8H2,1-4H3. The third-order valence-corrected chi connectivity index (χ3v) is 4.36. The van der Waals surface area contributed by atoms with E-state index < -0.39 is 8.07 Å². The Hall–Kier alpha value is -0.0831. The van der Waals surface area contributed by atoms with E-state index in [1.807, 2.05) is 6.07 Å². The molecule has 0 fully saturated rings. The number of rotatable bonds is 6. The average Bonchev–Trinajstić information content (AvgIpc) is 2.52. The van der Waals surface area contributed by atoms with Crippen LogP contribution >= 0.6 is 22.6 Å². The molecule has 0 atom stereocenters. The topological polar surface area (TPSA) is 36.3 Å². The molecule has 0 aromatic carbocycles. The van der Waals surface area contributed by atoms with Gasteiger partial charge in [0.25, 0.3) is 0 Å². The summed E-state index contributed by atoms with van der Waals surface area (Å²) in [6.45, 7) is 8.29.